The number of anilines is 1. The molecule has 9 nitrogen and oxygen atoms in total. The quantitative estimate of drug-likeness (QED) is 0.547. The second kappa shape index (κ2) is 8.87. The van der Waals surface area contributed by atoms with Crippen LogP contribution in [0.1, 0.15) is 12.0 Å². The van der Waals surface area contributed by atoms with E-state index in [4.69, 9.17) is 14.6 Å². The van der Waals surface area contributed by atoms with Crippen LogP contribution in [-0.2, 0) is 14.3 Å². The van der Waals surface area contributed by atoms with E-state index < -0.39 is 11.2 Å². The second-order valence-electron chi connectivity index (χ2n) is 5.87. The smallest absolute Gasteiger partial charge is 0.305 e. The number of nitrogens with one attached hydrogen (secondary N) is 1. The molecule has 0 spiro atoms. The predicted molar refractivity (Wildman–Crippen MR) is 103 cm³/mol. The van der Waals surface area contributed by atoms with E-state index in [0.29, 0.717) is 19.0 Å². The molecule has 2 heterocycles. The van der Waals surface area contributed by atoms with Crippen LogP contribution in [0.25, 0.3) is 0 Å². The van der Waals surface area contributed by atoms with Crippen LogP contribution in [0.5, 0.6) is 5.75 Å². The number of amidine groups is 1. The molecule has 1 unspecified atom stereocenters. The van der Waals surface area contributed by atoms with Crippen LogP contribution in [0.15, 0.2) is 28.4 Å². The maximum atomic E-state index is 11.7. The molecule has 2 fully saturated rings. The van der Waals surface area contributed by atoms with Gasteiger partial charge in [-0.3, -0.25) is 9.59 Å². The topological polar surface area (TPSA) is 113 Å². The number of rotatable bonds is 6. The first-order valence-corrected chi connectivity index (χ1v) is 9.26. The van der Waals surface area contributed by atoms with Gasteiger partial charge in [0.15, 0.2) is 5.17 Å². The molecule has 1 atom stereocenters. The lowest BCUT2D eigenvalue weighted by atomic mass is 10.1. The van der Waals surface area contributed by atoms with Crippen LogP contribution in [-0.4, -0.2) is 67.0 Å². The number of carbonyl (C=O) groups excluding carboxylic acids is 1. The summed E-state index contributed by atoms with van der Waals surface area (Å²) in [5.74, 6) is -0.740. The molecular weight excluding hydrogens is 372 g/mol. The summed E-state index contributed by atoms with van der Waals surface area (Å²) in [4.78, 5) is 24.6. The number of nitrogens with zero attached hydrogens (tertiary/aromatic N) is 3. The van der Waals surface area contributed by atoms with Crippen molar-refractivity contribution in [3.8, 4) is 5.75 Å². The highest BCUT2D eigenvalue weighted by atomic mass is 32.2. The normalized spacial score (nSPS) is 21.7. The Hall–Kier alpha value is -2.59. The number of thioether (sulfide) groups is 1. The monoisotopic (exact) mass is 392 g/mol. The van der Waals surface area contributed by atoms with Gasteiger partial charge in [0.05, 0.1) is 33.0 Å². The molecule has 27 heavy (non-hydrogen) atoms. The number of amides is 1. The molecule has 144 valence electrons. The van der Waals surface area contributed by atoms with Gasteiger partial charge in [0.25, 0.3) is 0 Å². The molecule has 2 saturated heterocycles. The summed E-state index contributed by atoms with van der Waals surface area (Å²) in [5.41, 5.74) is 1.80. The maximum Gasteiger partial charge on any atom is 0.305 e. The van der Waals surface area contributed by atoms with Gasteiger partial charge < -0.3 is 24.8 Å². The number of aliphatic carboxylic acids is 1. The van der Waals surface area contributed by atoms with Crippen LogP contribution in [0.3, 0.4) is 0 Å². The lowest BCUT2D eigenvalue weighted by molar-refractivity contribution is -0.138. The molecule has 0 bridgehead atoms. The van der Waals surface area contributed by atoms with E-state index in [0.717, 1.165) is 36.1 Å². The number of ether oxygens (including phenoxy) is 2. The molecule has 2 aliphatic rings. The molecule has 1 aromatic rings. The minimum Gasteiger partial charge on any atom is -0.496 e. The van der Waals surface area contributed by atoms with Crippen molar-refractivity contribution < 1.29 is 24.2 Å². The van der Waals surface area contributed by atoms with Gasteiger partial charge in [-0.1, -0.05) is 11.8 Å². The molecule has 0 aliphatic carbocycles. The summed E-state index contributed by atoms with van der Waals surface area (Å²) in [7, 11) is 1.59. The Labute approximate surface area is 160 Å². The molecule has 3 rings (SSSR count). The van der Waals surface area contributed by atoms with Crippen LogP contribution in [0, 0.1) is 0 Å². The van der Waals surface area contributed by atoms with Gasteiger partial charge in [0.1, 0.15) is 11.0 Å². The SMILES string of the molecule is COc1cc(N2CCOCC2)ccc1C=NN=C1NC(=O)C(CC(=O)O)S1. The van der Waals surface area contributed by atoms with E-state index >= 15 is 0 Å². The molecular formula is C17H20N4O5S. The first-order valence-electron chi connectivity index (χ1n) is 8.38. The van der Waals surface area contributed by atoms with Crippen LogP contribution in [0.4, 0.5) is 5.69 Å². The Bertz CT molecular complexity index is 777. The number of methoxy groups -OCH3 is 1. The molecule has 1 aromatic carbocycles. The highest BCUT2D eigenvalue weighted by Gasteiger charge is 2.32. The van der Waals surface area contributed by atoms with Gasteiger partial charge in [0.2, 0.25) is 5.91 Å². The van der Waals surface area contributed by atoms with Crippen molar-refractivity contribution in [2.75, 3.05) is 38.3 Å². The Balaban J connectivity index is 1.68. The third kappa shape index (κ3) is 4.98. The van der Waals surface area contributed by atoms with Crippen molar-refractivity contribution in [3.63, 3.8) is 0 Å². The lowest BCUT2D eigenvalue weighted by Gasteiger charge is -2.29. The van der Waals surface area contributed by atoms with E-state index in [1.807, 2.05) is 18.2 Å². The van der Waals surface area contributed by atoms with E-state index in [1.165, 1.54) is 6.21 Å². The van der Waals surface area contributed by atoms with Gasteiger partial charge >= 0.3 is 5.97 Å². The number of benzene rings is 1. The van der Waals surface area contributed by atoms with Crippen LogP contribution in [0.2, 0.25) is 0 Å². The summed E-state index contributed by atoms with van der Waals surface area (Å²) in [5, 5.41) is 18.9. The minimum absolute atomic E-state index is 0.254. The molecule has 0 radical (unpaired) electrons. The number of carboxylic acids is 1. The van der Waals surface area contributed by atoms with Crippen molar-refractivity contribution in [1.82, 2.24) is 5.32 Å². The van der Waals surface area contributed by atoms with Gasteiger partial charge in [0, 0.05) is 30.4 Å². The number of carboxylic acid groups (broad SMARTS) is 1. The fourth-order valence-corrected chi connectivity index (χ4v) is 3.63. The van der Waals surface area contributed by atoms with Gasteiger partial charge in [-0.05, 0) is 12.1 Å². The minimum atomic E-state index is -1.03. The van der Waals surface area contributed by atoms with Crippen molar-refractivity contribution in [3.05, 3.63) is 23.8 Å². The Morgan fingerprint density at radius 1 is 1.48 bits per heavy atom. The molecule has 2 N–H and O–H groups in total. The zero-order valence-electron chi connectivity index (χ0n) is 14.8. The standard InChI is InChI=1S/C17H20N4O5S/c1-25-13-8-12(21-4-6-26-7-5-21)3-2-11(13)10-18-20-17-19-16(24)14(27-17)9-15(22)23/h2-3,8,10,14H,4-7,9H2,1H3,(H,22,23)(H,19,20,24). The predicted octanol–water partition coefficient (Wildman–Crippen LogP) is 0.928. The van der Waals surface area contributed by atoms with Crippen molar-refractivity contribution >= 4 is 40.7 Å². The zero-order valence-corrected chi connectivity index (χ0v) is 15.6. The molecule has 0 aromatic heterocycles. The van der Waals surface area contributed by atoms with Crippen molar-refractivity contribution in [2.24, 2.45) is 10.2 Å². The summed E-state index contributed by atoms with van der Waals surface area (Å²) >= 11 is 1.06. The summed E-state index contributed by atoms with van der Waals surface area (Å²) < 4.78 is 10.8. The average molecular weight is 392 g/mol. The average Bonchev–Trinajstić information content (AvgIpc) is 3.01. The number of carbonyl (C=O) groups is 2. The first kappa shape index (κ1) is 19.2. The number of hydrogen-bond donors (Lipinski definition) is 2. The largest absolute Gasteiger partial charge is 0.496 e. The molecule has 0 saturated carbocycles. The van der Waals surface area contributed by atoms with Gasteiger partial charge in [-0.2, -0.15) is 5.10 Å². The maximum absolute atomic E-state index is 11.7. The third-order valence-corrected chi connectivity index (χ3v) is 5.15. The number of hydrogen-bond acceptors (Lipinski definition) is 8. The molecule has 10 heteroatoms. The van der Waals surface area contributed by atoms with Crippen molar-refractivity contribution in [2.45, 2.75) is 11.7 Å². The van der Waals surface area contributed by atoms with E-state index in [1.54, 1.807) is 7.11 Å². The Morgan fingerprint density at radius 3 is 2.96 bits per heavy atom. The highest BCUT2D eigenvalue weighted by molar-refractivity contribution is 8.15. The van der Waals surface area contributed by atoms with E-state index in [9.17, 15) is 9.59 Å². The summed E-state index contributed by atoms with van der Waals surface area (Å²) in [6.45, 7) is 3.07. The summed E-state index contributed by atoms with van der Waals surface area (Å²) in [6.07, 6.45) is 1.28. The highest BCUT2D eigenvalue weighted by Crippen LogP contribution is 2.26. The van der Waals surface area contributed by atoms with E-state index in [-0.39, 0.29) is 17.5 Å². The van der Waals surface area contributed by atoms with Crippen molar-refractivity contribution in [1.29, 1.82) is 0 Å². The second-order valence-corrected chi connectivity index (χ2v) is 7.06. The third-order valence-electron chi connectivity index (χ3n) is 4.08. The van der Waals surface area contributed by atoms with E-state index in [2.05, 4.69) is 20.4 Å². The zero-order chi connectivity index (χ0) is 19.2. The lowest BCUT2D eigenvalue weighted by Crippen LogP contribution is -2.36. The fraction of sp³-hybridized carbons (Fsp3) is 0.412. The molecule has 2 aliphatic heterocycles. The number of morpholine rings is 1. The fourth-order valence-electron chi connectivity index (χ4n) is 2.71. The van der Waals surface area contributed by atoms with Gasteiger partial charge in [-0.25, -0.2) is 0 Å². The van der Waals surface area contributed by atoms with Gasteiger partial charge in [-0.15, -0.1) is 5.10 Å². The first-order chi connectivity index (χ1) is 13.1. The van der Waals surface area contributed by atoms with Crippen LogP contribution < -0.4 is 15.0 Å². The molecule has 1 amide bonds. The Morgan fingerprint density at radius 2 is 2.26 bits per heavy atom. The Kier molecular flexibility index (Phi) is 6.30. The van der Waals surface area contributed by atoms with Crippen LogP contribution >= 0.6 is 11.8 Å². The summed E-state index contributed by atoms with van der Waals surface area (Å²) in [6, 6.07) is 5.81.